The highest BCUT2D eigenvalue weighted by molar-refractivity contribution is 7.23. The molecule has 1 unspecified atom stereocenters. The third kappa shape index (κ3) is 1.26. The van der Waals surface area contributed by atoms with Gasteiger partial charge in [0.15, 0.2) is 4.96 Å². The summed E-state index contributed by atoms with van der Waals surface area (Å²) < 4.78 is 3.35. The number of hydrogen-bond acceptors (Lipinski definition) is 3. The summed E-state index contributed by atoms with van der Waals surface area (Å²) in [4.78, 5) is 5.31. The fourth-order valence-corrected chi connectivity index (χ4v) is 2.78. The van der Waals surface area contributed by atoms with Gasteiger partial charge in [-0.15, -0.1) is 0 Å². The average molecular weight is 217 g/mol. The van der Waals surface area contributed by atoms with Crippen molar-refractivity contribution in [1.29, 1.82) is 0 Å². The highest BCUT2D eigenvalue weighted by atomic mass is 32.1. The van der Waals surface area contributed by atoms with Crippen LogP contribution in [-0.4, -0.2) is 9.38 Å². The fourth-order valence-electron chi connectivity index (χ4n) is 1.74. The summed E-state index contributed by atoms with van der Waals surface area (Å²) in [6.07, 6.45) is 3.81. The lowest BCUT2D eigenvalue weighted by Crippen LogP contribution is -2.04. The number of nitrogens with zero attached hydrogens (tertiary/aromatic N) is 2. The average Bonchev–Trinajstić information content (AvgIpc) is 2.75. The van der Waals surface area contributed by atoms with Crippen LogP contribution in [0.25, 0.3) is 15.2 Å². The maximum Gasteiger partial charge on any atom is 0.194 e. The van der Waals surface area contributed by atoms with Gasteiger partial charge in [0, 0.05) is 18.4 Å². The molecule has 1 aromatic carbocycles. The molecule has 0 aliphatic rings. The minimum atomic E-state index is 0.0869. The van der Waals surface area contributed by atoms with Gasteiger partial charge in [0.05, 0.1) is 10.2 Å². The number of thiazole rings is 1. The van der Waals surface area contributed by atoms with Gasteiger partial charge in [0.25, 0.3) is 0 Å². The van der Waals surface area contributed by atoms with Crippen LogP contribution >= 0.6 is 11.3 Å². The van der Waals surface area contributed by atoms with Gasteiger partial charge in [0.1, 0.15) is 0 Å². The summed E-state index contributed by atoms with van der Waals surface area (Å²) in [7, 11) is 0. The van der Waals surface area contributed by atoms with Crippen molar-refractivity contribution in [3.8, 4) is 0 Å². The van der Waals surface area contributed by atoms with E-state index in [1.165, 1.54) is 15.8 Å². The third-order valence-electron chi connectivity index (χ3n) is 2.58. The standard InChI is InChI=1S/C11H11N3S/c1-7(12)8-2-3-9-10(6-8)15-11-13-4-5-14(9)11/h2-7H,12H2,1H3. The smallest absolute Gasteiger partial charge is 0.194 e. The van der Waals surface area contributed by atoms with E-state index in [1.807, 2.05) is 19.3 Å². The molecule has 2 heterocycles. The summed E-state index contributed by atoms with van der Waals surface area (Å²) >= 11 is 1.70. The molecule has 0 radical (unpaired) electrons. The molecule has 0 aliphatic heterocycles. The first kappa shape index (κ1) is 8.88. The molecule has 0 bridgehead atoms. The first-order chi connectivity index (χ1) is 7.25. The summed E-state index contributed by atoms with van der Waals surface area (Å²) in [5.74, 6) is 0. The predicted octanol–water partition coefficient (Wildman–Crippen LogP) is 2.57. The summed E-state index contributed by atoms with van der Waals surface area (Å²) in [5, 5.41) is 0. The third-order valence-corrected chi connectivity index (χ3v) is 3.61. The molecule has 15 heavy (non-hydrogen) atoms. The minimum absolute atomic E-state index is 0.0869. The summed E-state index contributed by atoms with van der Waals surface area (Å²) in [6, 6.07) is 6.43. The molecule has 0 saturated carbocycles. The highest BCUT2D eigenvalue weighted by Crippen LogP contribution is 2.27. The van der Waals surface area contributed by atoms with Gasteiger partial charge in [0.2, 0.25) is 0 Å². The quantitative estimate of drug-likeness (QED) is 0.680. The van der Waals surface area contributed by atoms with Gasteiger partial charge < -0.3 is 5.73 Å². The van der Waals surface area contributed by atoms with E-state index in [1.54, 1.807) is 11.3 Å². The maximum atomic E-state index is 5.86. The van der Waals surface area contributed by atoms with E-state index in [0.29, 0.717) is 0 Å². The lowest BCUT2D eigenvalue weighted by Gasteiger charge is -2.04. The molecule has 0 spiro atoms. The van der Waals surface area contributed by atoms with Crippen molar-refractivity contribution in [2.45, 2.75) is 13.0 Å². The second-order valence-corrected chi connectivity index (χ2v) is 4.71. The van der Waals surface area contributed by atoms with E-state index in [4.69, 9.17) is 5.73 Å². The Bertz CT molecular complexity index is 621. The molecule has 0 aliphatic carbocycles. The van der Waals surface area contributed by atoms with E-state index in [2.05, 4.69) is 27.6 Å². The number of nitrogens with two attached hydrogens (primary N) is 1. The zero-order valence-electron chi connectivity index (χ0n) is 8.34. The van der Waals surface area contributed by atoms with Crippen molar-refractivity contribution in [2.24, 2.45) is 5.73 Å². The Morgan fingerprint density at radius 2 is 2.33 bits per heavy atom. The Balaban J connectivity index is 2.35. The number of aromatic nitrogens is 2. The molecule has 3 nitrogen and oxygen atoms in total. The summed E-state index contributed by atoms with van der Waals surface area (Å²) in [6.45, 7) is 2.00. The van der Waals surface area contributed by atoms with Crippen molar-refractivity contribution in [1.82, 2.24) is 9.38 Å². The van der Waals surface area contributed by atoms with Crippen molar-refractivity contribution in [2.75, 3.05) is 0 Å². The monoisotopic (exact) mass is 217 g/mol. The van der Waals surface area contributed by atoms with Crippen molar-refractivity contribution in [3.05, 3.63) is 36.2 Å². The van der Waals surface area contributed by atoms with Gasteiger partial charge in [-0.3, -0.25) is 4.40 Å². The van der Waals surface area contributed by atoms with Crippen LogP contribution in [0.5, 0.6) is 0 Å². The van der Waals surface area contributed by atoms with Crippen LogP contribution in [0.1, 0.15) is 18.5 Å². The van der Waals surface area contributed by atoms with Crippen LogP contribution in [0.3, 0.4) is 0 Å². The van der Waals surface area contributed by atoms with Gasteiger partial charge >= 0.3 is 0 Å². The number of rotatable bonds is 1. The second-order valence-electron chi connectivity index (χ2n) is 3.70. The Morgan fingerprint density at radius 1 is 1.47 bits per heavy atom. The minimum Gasteiger partial charge on any atom is -0.324 e. The first-order valence-corrected chi connectivity index (χ1v) is 5.68. The zero-order chi connectivity index (χ0) is 10.4. The Morgan fingerprint density at radius 3 is 3.13 bits per heavy atom. The molecule has 1 atom stereocenters. The number of fused-ring (bicyclic) bond motifs is 3. The molecule has 0 fully saturated rings. The van der Waals surface area contributed by atoms with Crippen LogP contribution in [0.15, 0.2) is 30.6 Å². The van der Waals surface area contributed by atoms with E-state index < -0.39 is 0 Å². The Labute approximate surface area is 91.2 Å². The molecule has 76 valence electrons. The van der Waals surface area contributed by atoms with Crippen LogP contribution in [0, 0.1) is 0 Å². The predicted molar refractivity (Wildman–Crippen MR) is 63.2 cm³/mol. The van der Waals surface area contributed by atoms with E-state index in [0.717, 1.165) is 4.96 Å². The van der Waals surface area contributed by atoms with Crippen molar-refractivity contribution in [3.63, 3.8) is 0 Å². The molecule has 3 aromatic rings. The van der Waals surface area contributed by atoms with Gasteiger partial charge in [-0.2, -0.15) is 0 Å². The molecular formula is C11H11N3S. The van der Waals surface area contributed by atoms with Crippen LogP contribution in [0.2, 0.25) is 0 Å². The molecule has 0 saturated heterocycles. The van der Waals surface area contributed by atoms with Crippen LogP contribution < -0.4 is 5.73 Å². The molecular weight excluding hydrogens is 206 g/mol. The Kier molecular flexibility index (Phi) is 1.81. The lowest BCUT2D eigenvalue weighted by molar-refractivity contribution is 0.820. The van der Waals surface area contributed by atoms with Gasteiger partial charge in [-0.25, -0.2) is 4.98 Å². The Hall–Kier alpha value is -1.39. The first-order valence-electron chi connectivity index (χ1n) is 4.87. The largest absolute Gasteiger partial charge is 0.324 e. The zero-order valence-corrected chi connectivity index (χ0v) is 9.16. The van der Waals surface area contributed by atoms with Crippen LogP contribution in [-0.2, 0) is 0 Å². The molecule has 3 rings (SSSR count). The van der Waals surface area contributed by atoms with E-state index in [9.17, 15) is 0 Å². The molecule has 4 heteroatoms. The molecule has 0 amide bonds. The SMILES string of the molecule is CC(N)c1ccc2c(c1)sc1nccn12. The maximum absolute atomic E-state index is 5.86. The number of imidazole rings is 1. The van der Waals surface area contributed by atoms with Gasteiger partial charge in [-0.1, -0.05) is 17.4 Å². The van der Waals surface area contributed by atoms with Crippen LogP contribution in [0.4, 0.5) is 0 Å². The van der Waals surface area contributed by atoms with Gasteiger partial charge in [-0.05, 0) is 24.6 Å². The van der Waals surface area contributed by atoms with E-state index in [-0.39, 0.29) is 6.04 Å². The number of benzene rings is 1. The van der Waals surface area contributed by atoms with E-state index >= 15 is 0 Å². The summed E-state index contributed by atoms with van der Waals surface area (Å²) in [5.41, 5.74) is 8.24. The molecule has 2 N–H and O–H groups in total. The second kappa shape index (κ2) is 3.05. The normalized spacial score (nSPS) is 13.7. The fraction of sp³-hybridized carbons (Fsp3) is 0.182. The lowest BCUT2D eigenvalue weighted by atomic mass is 10.1. The van der Waals surface area contributed by atoms with Crippen molar-refractivity contribution < 1.29 is 0 Å². The molecule has 2 aromatic heterocycles. The topological polar surface area (TPSA) is 43.3 Å². The highest BCUT2D eigenvalue weighted by Gasteiger charge is 2.07. The van der Waals surface area contributed by atoms with Crippen molar-refractivity contribution >= 4 is 26.5 Å². The number of hydrogen-bond donors (Lipinski definition) is 1.